The van der Waals surface area contributed by atoms with Crippen LogP contribution in [0.3, 0.4) is 0 Å². The second-order valence-electron chi connectivity index (χ2n) is 4.60. The van der Waals surface area contributed by atoms with E-state index in [2.05, 4.69) is 11.8 Å². The van der Waals surface area contributed by atoms with Gasteiger partial charge in [-0.3, -0.25) is 0 Å². The summed E-state index contributed by atoms with van der Waals surface area (Å²) >= 11 is 0. The fourth-order valence-electron chi connectivity index (χ4n) is 2.99. The number of nitrogens with zero attached hydrogens (tertiary/aromatic N) is 1. The van der Waals surface area contributed by atoms with Gasteiger partial charge in [0, 0.05) is 12.5 Å². The van der Waals surface area contributed by atoms with Crippen molar-refractivity contribution >= 4 is 0 Å². The summed E-state index contributed by atoms with van der Waals surface area (Å²) in [6, 6.07) is 0. The Balaban J connectivity index is 1.97. The smallest absolute Gasteiger partial charge is 0.0583 e. The van der Waals surface area contributed by atoms with E-state index in [0.29, 0.717) is 5.92 Å². The number of piperidine rings is 1. The number of rotatable bonds is 1. The summed E-state index contributed by atoms with van der Waals surface area (Å²) < 4.78 is 0. The summed E-state index contributed by atoms with van der Waals surface area (Å²) in [5.74, 6) is 1.41. The molecule has 76 valence electrons. The molecule has 3 atom stereocenters. The summed E-state index contributed by atoms with van der Waals surface area (Å²) in [7, 11) is 0. The van der Waals surface area contributed by atoms with E-state index in [0.717, 1.165) is 25.4 Å². The van der Waals surface area contributed by atoms with Crippen LogP contribution in [0.5, 0.6) is 0 Å². The van der Waals surface area contributed by atoms with Crippen LogP contribution in [0.1, 0.15) is 32.6 Å². The van der Waals surface area contributed by atoms with Crippen molar-refractivity contribution in [3.8, 4) is 0 Å². The molecule has 1 N–H and O–H groups in total. The molecule has 2 heteroatoms. The maximum absolute atomic E-state index is 9.89. The van der Waals surface area contributed by atoms with Gasteiger partial charge in [-0.1, -0.05) is 13.3 Å². The molecule has 1 saturated carbocycles. The molecule has 2 rings (SSSR count). The summed E-state index contributed by atoms with van der Waals surface area (Å²) in [6.45, 7) is 5.76. The summed E-state index contributed by atoms with van der Waals surface area (Å²) in [6.07, 6.45) is 4.95. The van der Waals surface area contributed by atoms with Crippen molar-refractivity contribution in [2.75, 3.05) is 19.6 Å². The number of aliphatic hydroxyl groups is 1. The third-order valence-corrected chi connectivity index (χ3v) is 3.91. The molecule has 0 radical (unpaired) electrons. The standard InChI is InChI=1S/C11H21NO/c1-2-12-7-6-9-4-3-5-11(13)10(9)8-12/h9-11,13H,2-8H2,1H3/t9-,10-,11-/m0/s1. The van der Waals surface area contributed by atoms with E-state index in [1.165, 1.54) is 25.8 Å². The Hall–Kier alpha value is -0.0800. The van der Waals surface area contributed by atoms with E-state index in [-0.39, 0.29) is 6.10 Å². The number of hydrogen-bond donors (Lipinski definition) is 1. The zero-order chi connectivity index (χ0) is 9.26. The largest absolute Gasteiger partial charge is 0.393 e. The highest BCUT2D eigenvalue weighted by atomic mass is 16.3. The van der Waals surface area contributed by atoms with Crippen LogP contribution in [0.25, 0.3) is 0 Å². The SMILES string of the molecule is CCN1CC[C@@H]2CCC[C@H](O)[C@H]2C1. The van der Waals surface area contributed by atoms with E-state index in [1.54, 1.807) is 0 Å². The molecule has 1 saturated heterocycles. The third-order valence-electron chi connectivity index (χ3n) is 3.91. The fraction of sp³-hybridized carbons (Fsp3) is 1.00. The van der Waals surface area contributed by atoms with Crippen molar-refractivity contribution in [1.82, 2.24) is 4.90 Å². The number of hydrogen-bond acceptors (Lipinski definition) is 2. The Morgan fingerprint density at radius 2 is 2.15 bits per heavy atom. The van der Waals surface area contributed by atoms with Crippen LogP contribution < -0.4 is 0 Å². The first kappa shape index (κ1) is 9.47. The first-order chi connectivity index (χ1) is 6.31. The maximum atomic E-state index is 9.89. The molecule has 1 heterocycles. The van der Waals surface area contributed by atoms with Gasteiger partial charge in [-0.15, -0.1) is 0 Å². The van der Waals surface area contributed by atoms with Crippen molar-refractivity contribution < 1.29 is 5.11 Å². The molecular weight excluding hydrogens is 162 g/mol. The van der Waals surface area contributed by atoms with Gasteiger partial charge >= 0.3 is 0 Å². The Labute approximate surface area is 80.9 Å². The molecular formula is C11H21NO. The molecule has 0 bridgehead atoms. The minimum absolute atomic E-state index is 0.00639. The lowest BCUT2D eigenvalue weighted by atomic mass is 9.73. The van der Waals surface area contributed by atoms with Crippen LogP contribution in [-0.2, 0) is 0 Å². The van der Waals surface area contributed by atoms with Gasteiger partial charge in [0.1, 0.15) is 0 Å². The van der Waals surface area contributed by atoms with E-state index < -0.39 is 0 Å². The molecule has 0 aromatic heterocycles. The molecule has 2 fully saturated rings. The van der Waals surface area contributed by atoms with Crippen LogP contribution in [0.15, 0.2) is 0 Å². The molecule has 0 spiro atoms. The Morgan fingerprint density at radius 3 is 2.92 bits per heavy atom. The van der Waals surface area contributed by atoms with Gasteiger partial charge < -0.3 is 10.0 Å². The molecule has 0 aromatic rings. The Morgan fingerprint density at radius 1 is 1.31 bits per heavy atom. The van der Waals surface area contributed by atoms with Crippen molar-refractivity contribution in [2.45, 2.75) is 38.7 Å². The fourth-order valence-corrected chi connectivity index (χ4v) is 2.99. The summed E-state index contributed by atoms with van der Waals surface area (Å²) in [5.41, 5.74) is 0. The van der Waals surface area contributed by atoms with Crippen molar-refractivity contribution in [1.29, 1.82) is 0 Å². The maximum Gasteiger partial charge on any atom is 0.0583 e. The Kier molecular flexibility index (Phi) is 2.89. The van der Waals surface area contributed by atoms with E-state index in [4.69, 9.17) is 0 Å². The van der Waals surface area contributed by atoms with E-state index in [9.17, 15) is 5.11 Å². The van der Waals surface area contributed by atoms with Crippen LogP contribution in [0.4, 0.5) is 0 Å². The quantitative estimate of drug-likeness (QED) is 0.666. The highest BCUT2D eigenvalue weighted by Gasteiger charge is 2.35. The second-order valence-corrected chi connectivity index (χ2v) is 4.60. The predicted molar refractivity (Wildman–Crippen MR) is 53.6 cm³/mol. The lowest BCUT2D eigenvalue weighted by molar-refractivity contribution is -0.0161. The third kappa shape index (κ3) is 1.89. The van der Waals surface area contributed by atoms with Gasteiger partial charge in [0.05, 0.1) is 6.10 Å². The van der Waals surface area contributed by atoms with Gasteiger partial charge in [0.15, 0.2) is 0 Å². The summed E-state index contributed by atoms with van der Waals surface area (Å²) in [4.78, 5) is 2.48. The molecule has 13 heavy (non-hydrogen) atoms. The van der Waals surface area contributed by atoms with Gasteiger partial charge in [0.2, 0.25) is 0 Å². The van der Waals surface area contributed by atoms with Crippen LogP contribution >= 0.6 is 0 Å². The van der Waals surface area contributed by atoms with Crippen molar-refractivity contribution in [3.05, 3.63) is 0 Å². The van der Waals surface area contributed by atoms with Crippen LogP contribution in [-0.4, -0.2) is 35.7 Å². The van der Waals surface area contributed by atoms with Crippen LogP contribution in [0.2, 0.25) is 0 Å². The van der Waals surface area contributed by atoms with Crippen molar-refractivity contribution in [2.24, 2.45) is 11.8 Å². The van der Waals surface area contributed by atoms with Crippen molar-refractivity contribution in [3.63, 3.8) is 0 Å². The minimum atomic E-state index is -0.00639. The minimum Gasteiger partial charge on any atom is -0.393 e. The van der Waals surface area contributed by atoms with Gasteiger partial charge in [-0.2, -0.15) is 0 Å². The van der Waals surface area contributed by atoms with Gasteiger partial charge in [-0.05, 0) is 38.3 Å². The average Bonchev–Trinajstić information content (AvgIpc) is 2.18. The first-order valence-corrected chi connectivity index (χ1v) is 5.71. The number of fused-ring (bicyclic) bond motifs is 1. The van der Waals surface area contributed by atoms with Gasteiger partial charge in [-0.25, -0.2) is 0 Å². The van der Waals surface area contributed by atoms with Gasteiger partial charge in [0.25, 0.3) is 0 Å². The van der Waals surface area contributed by atoms with E-state index in [1.807, 2.05) is 0 Å². The lowest BCUT2D eigenvalue weighted by Gasteiger charge is -2.43. The first-order valence-electron chi connectivity index (χ1n) is 5.71. The van der Waals surface area contributed by atoms with E-state index >= 15 is 0 Å². The average molecular weight is 183 g/mol. The van der Waals surface area contributed by atoms with Crippen LogP contribution in [0, 0.1) is 11.8 Å². The number of aliphatic hydroxyl groups excluding tert-OH is 1. The second kappa shape index (κ2) is 3.97. The molecule has 0 amide bonds. The summed E-state index contributed by atoms with van der Waals surface area (Å²) in [5, 5.41) is 9.89. The molecule has 0 unspecified atom stereocenters. The molecule has 0 aromatic carbocycles. The Bertz CT molecular complexity index is 171. The lowest BCUT2D eigenvalue weighted by Crippen LogP contribution is -2.47. The normalized spacial score (nSPS) is 41.5. The zero-order valence-corrected chi connectivity index (χ0v) is 8.58. The highest BCUT2D eigenvalue weighted by Crippen LogP contribution is 2.36. The topological polar surface area (TPSA) is 23.5 Å². The number of likely N-dealkylation sites (tertiary alicyclic amines) is 1. The monoisotopic (exact) mass is 183 g/mol. The zero-order valence-electron chi connectivity index (χ0n) is 8.58. The molecule has 2 nitrogen and oxygen atoms in total. The molecule has 1 aliphatic heterocycles. The predicted octanol–water partition coefficient (Wildman–Crippen LogP) is 1.49. The highest BCUT2D eigenvalue weighted by molar-refractivity contribution is 4.87. The molecule has 2 aliphatic rings. The molecule has 1 aliphatic carbocycles.